The molecule has 2 aromatic rings. The molecular weight excluding hydrogens is 262 g/mol. The molecule has 1 heterocycles. The smallest absolute Gasteiger partial charge is 0.271 e. The number of aromatic nitrogens is 2. The van der Waals surface area contributed by atoms with Gasteiger partial charge in [-0.2, -0.15) is 5.10 Å². The second kappa shape index (κ2) is 7.62. The number of aromatic amines is 1. The first-order valence-corrected chi connectivity index (χ1v) is 7.51. The number of benzene rings is 1. The van der Waals surface area contributed by atoms with Crippen LogP contribution in [0.2, 0.25) is 0 Å². The summed E-state index contributed by atoms with van der Waals surface area (Å²) in [5.41, 5.74) is 2.79. The largest absolute Gasteiger partial charge is 0.351 e. The van der Waals surface area contributed by atoms with Gasteiger partial charge in [0, 0.05) is 12.2 Å². The van der Waals surface area contributed by atoms with Crippen molar-refractivity contribution in [3.63, 3.8) is 0 Å². The van der Waals surface area contributed by atoms with Gasteiger partial charge in [0.1, 0.15) is 5.69 Å². The van der Waals surface area contributed by atoms with Crippen molar-refractivity contribution >= 4 is 5.91 Å². The minimum atomic E-state index is -0.102. The molecule has 0 fully saturated rings. The number of hydrogen-bond acceptors (Lipinski definition) is 2. The number of rotatable bonds is 7. The number of nitrogens with zero attached hydrogens (tertiary/aromatic N) is 1. The summed E-state index contributed by atoms with van der Waals surface area (Å²) in [6.45, 7) is 4.95. The highest BCUT2D eigenvalue weighted by Gasteiger charge is 2.10. The maximum absolute atomic E-state index is 12.0. The van der Waals surface area contributed by atoms with Gasteiger partial charge >= 0.3 is 0 Å². The third-order valence-electron chi connectivity index (χ3n) is 3.26. The van der Waals surface area contributed by atoms with Gasteiger partial charge in [-0.3, -0.25) is 9.89 Å². The number of aryl methyl sites for hydroxylation is 1. The Hall–Kier alpha value is -2.10. The molecule has 4 nitrogen and oxygen atoms in total. The predicted molar refractivity (Wildman–Crippen MR) is 84.2 cm³/mol. The zero-order chi connectivity index (χ0) is 15.1. The number of hydrogen-bond donors (Lipinski definition) is 2. The van der Waals surface area contributed by atoms with Crippen LogP contribution in [0.4, 0.5) is 0 Å². The van der Waals surface area contributed by atoms with Gasteiger partial charge in [-0.1, -0.05) is 44.2 Å². The quantitative estimate of drug-likeness (QED) is 0.768. The van der Waals surface area contributed by atoms with Crippen LogP contribution in [0.15, 0.2) is 36.4 Å². The lowest BCUT2D eigenvalue weighted by atomic mass is 10.1. The summed E-state index contributed by atoms with van der Waals surface area (Å²) in [5.74, 6) is 0.446. The van der Waals surface area contributed by atoms with E-state index in [0.29, 0.717) is 18.2 Å². The Labute approximate surface area is 126 Å². The Balaban J connectivity index is 1.73. The van der Waals surface area contributed by atoms with Crippen LogP contribution in [0.3, 0.4) is 0 Å². The summed E-state index contributed by atoms with van der Waals surface area (Å²) in [6.07, 6.45) is 2.81. The van der Waals surface area contributed by atoms with Gasteiger partial charge in [0.2, 0.25) is 0 Å². The number of H-pyrrole nitrogens is 1. The van der Waals surface area contributed by atoms with Gasteiger partial charge < -0.3 is 5.32 Å². The van der Waals surface area contributed by atoms with E-state index in [1.165, 1.54) is 5.56 Å². The van der Waals surface area contributed by atoms with E-state index in [4.69, 9.17) is 0 Å². The fourth-order valence-corrected chi connectivity index (χ4v) is 2.25. The van der Waals surface area contributed by atoms with Gasteiger partial charge in [-0.05, 0) is 36.8 Å². The Morgan fingerprint density at radius 3 is 2.76 bits per heavy atom. The van der Waals surface area contributed by atoms with Gasteiger partial charge in [0.05, 0.1) is 0 Å². The first-order chi connectivity index (χ1) is 10.1. The van der Waals surface area contributed by atoms with E-state index in [9.17, 15) is 4.79 Å². The highest BCUT2D eigenvalue weighted by Crippen LogP contribution is 2.07. The van der Waals surface area contributed by atoms with Crippen LogP contribution in [0.1, 0.15) is 42.0 Å². The molecule has 1 aromatic heterocycles. The predicted octanol–water partition coefficient (Wildman–Crippen LogP) is 2.97. The first-order valence-electron chi connectivity index (χ1n) is 7.51. The van der Waals surface area contributed by atoms with Gasteiger partial charge in [0.15, 0.2) is 0 Å². The molecule has 0 saturated carbocycles. The minimum Gasteiger partial charge on any atom is -0.351 e. The van der Waals surface area contributed by atoms with Crippen molar-refractivity contribution < 1.29 is 4.79 Å². The van der Waals surface area contributed by atoms with Crippen LogP contribution in [-0.2, 0) is 12.8 Å². The number of carbonyl (C=O) groups is 1. The molecule has 2 N–H and O–H groups in total. The summed E-state index contributed by atoms with van der Waals surface area (Å²) in [5, 5.41) is 9.91. The van der Waals surface area contributed by atoms with E-state index in [2.05, 4.69) is 41.5 Å². The standard InChI is InChI=1S/C17H23N3O/c1-13(2)11-15-12-16(20-19-15)17(21)18-10-6-9-14-7-4-3-5-8-14/h3-5,7-8,12-13H,6,9-11H2,1-2H3,(H,18,21)(H,19,20). The molecule has 0 saturated heterocycles. The molecular formula is C17H23N3O. The molecule has 1 aromatic carbocycles. The zero-order valence-corrected chi connectivity index (χ0v) is 12.7. The van der Waals surface area contributed by atoms with Crippen LogP contribution in [0.25, 0.3) is 0 Å². The molecule has 21 heavy (non-hydrogen) atoms. The molecule has 4 heteroatoms. The number of amides is 1. The van der Waals surface area contributed by atoms with E-state index in [1.807, 2.05) is 24.3 Å². The van der Waals surface area contributed by atoms with Crippen molar-refractivity contribution in [2.24, 2.45) is 5.92 Å². The molecule has 0 atom stereocenters. The average Bonchev–Trinajstić information content (AvgIpc) is 2.92. The van der Waals surface area contributed by atoms with Crippen molar-refractivity contribution in [2.75, 3.05) is 6.54 Å². The lowest BCUT2D eigenvalue weighted by Crippen LogP contribution is -2.25. The highest BCUT2D eigenvalue weighted by molar-refractivity contribution is 5.92. The second-order valence-corrected chi connectivity index (χ2v) is 5.72. The normalized spacial score (nSPS) is 10.8. The molecule has 112 valence electrons. The van der Waals surface area contributed by atoms with Crippen LogP contribution < -0.4 is 5.32 Å². The first kappa shape index (κ1) is 15.3. The minimum absolute atomic E-state index is 0.102. The second-order valence-electron chi connectivity index (χ2n) is 5.72. The molecule has 2 rings (SSSR count). The molecule has 0 unspecified atom stereocenters. The highest BCUT2D eigenvalue weighted by atomic mass is 16.1. The van der Waals surface area contributed by atoms with Gasteiger partial charge in [-0.25, -0.2) is 0 Å². The van der Waals surface area contributed by atoms with Gasteiger partial charge in [-0.15, -0.1) is 0 Å². The summed E-state index contributed by atoms with van der Waals surface area (Å²) >= 11 is 0. The number of carbonyl (C=O) groups excluding carboxylic acids is 1. The van der Waals surface area contributed by atoms with E-state index < -0.39 is 0 Å². The van der Waals surface area contributed by atoms with Crippen LogP contribution in [0, 0.1) is 5.92 Å². The fraction of sp³-hybridized carbons (Fsp3) is 0.412. The molecule has 0 aliphatic heterocycles. The van der Waals surface area contributed by atoms with Crippen LogP contribution >= 0.6 is 0 Å². The maximum atomic E-state index is 12.0. The molecule has 1 amide bonds. The SMILES string of the molecule is CC(C)Cc1cc(C(=O)NCCCc2ccccc2)n[nH]1. The fourth-order valence-electron chi connectivity index (χ4n) is 2.25. The molecule has 0 aliphatic carbocycles. The van der Waals surface area contributed by atoms with Crippen molar-refractivity contribution in [3.05, 3.63) is 53.3 Å². The Morgan fingerprint density at radius 1 is 1.29 bits per heavy atom. The van der Waals surface area contributed by atoms with Crippen LogP contribution in [0.5, 0.6) is 0 Å². The zero-order valence-electron chi connectivity index (χ0n) is 12.7. The van der Waals surface area contributed by atoms with Crippen molar-refractivity contribution in [2.45, 2.75) is 33.1 Å². The maximum Gasteiger partial charge on any atom is 0.271 e. The van der Waals surface area contributed by atoms with E-state index in [0.717, 1.165) is 25.0 Å². The van der Waals surface area contributed by atoms with E-state index >= 15 is 0 Å². The average molecular weight is 285 g/mol. The van der Waals surface area contributed by atoms with Crippen molar-refractivity contribution in [3.8, 4) is 0 Å². The van der Waals surface area contributed by atoms with E-state index in [1.54, 1.807) is 0 Å². The summed E-state index contributed by atoms with van der Waals surface area (Å²) in [7, 11) is 0. The van der Waals surface area contributed by atoms with Crippen molar-refractivity contribution in [1.29, 1.82) is 0 Å². The Bertz CT molecular complexity index is 560. The van der Waals surface area contributed by atoms with Crippen LogP contribution in [-0.4, -0.2) is 22.6 Å². The molecule has 0 bridgehead atoms. The molecule has 0 aliphatic rings. The summed E-state index contributed by atoms with van der Waals surface area (Å²) in [4.78, 5) is 12.0. The monoisotopic (exact) mass is 285 g/mol. The number of nitrogens with one attached hydrogen (secondary N) is 2. The molecule has 0 spiro atoms. The Kier molecular flexibility index (Phi) is 5.55. The topological polar surface area (TPSA) is 57.8 Å². The lowest BCUT2D eigenvalue weighted by Gasteiger charge is -2.03. The van der Waals surface area contributed by atoms with Gasteiger partial charge in [0.25, 0.3) is 5.91 Å². The third kappa shape index (κ3) is 5.06. The van der Waals surface area contributed by atoms with E-state index in [-0.39, 0.29) is 5.91 Å². The van der Waals surface area contributed by atoms with Crippen molar-refractivity contribution in [1.82, 2.24) is 15.5 Å². The summed E-state index contributed by atoms with van der Waals surface area (Å²) < 4.78 is 0. The molecule has 0 radical (unpaired) electrons. The summed E-state index contributed by atoms with van der Waals surface area (Å²) in [6, 6.07) is 12.1. The Morgan fingerprint density at radius 2 is 2.05 bits per heavy atom. The lowest BCUT2D eigenvalue weighted by molar-refractivity contribution is 0.0948. The third-order valence-corrected chi connectivity index (χ3v) is 3.26.